The highest BCUT2D eigenvalue weighted by atomic mass is 79.9. The van der Waals surface area contributed by atoms with Crippen molar-refractivity contribution in [3.63, 3.8) is 0 Å². The number of rotatable bonds is 2. The molecule has 18 heavy (non-hydrogen) atoms. The van der Waals surface area contributed by atoms with Gasteiger partial charge in [-0.2, -0.15) is 0 Å². The third-order valence-corrected chi connectivity index (χ3v) is 2.98. The summed E-state index contributed by atoms with van der Waals surface area (Å²) in [4.78, 5) is 11.0. The Bertz CT molecular complexity index is 612. The van der Waals surface area contributed by atoms with Crippen molar-refractivity contribution in [2.24, 2.45) is 0 Å². The van der Waals surface area contributed by atoms with Crippen LogP contribution in [0.3, 0.4) is 0 Å². The topological polar surface area (TPSA) is 26.3 Å². The molecule has 0 heterocycles. The molecule has 0 saturated carbocycles. The van der Waals surface area contributed by atoms with Crippen LogP contribution in [0.25, 0.3) is 11.1 Å². The van der Waals surface area contributed by atoms with E-state index in [2.05, 4.69) is 15.9 Å². The normalized spacial score (nSPS) is 9.56. The van der Waals surface area contributed by atoms with E-state index in [4.69, 9.17) is 11.2 Å². The maximum Gasteiger partial charge on any atom is 0.389 e. The molecular formula is C15H9BrO2. The molecule has 0 aliphatic carbocycles. The lowest BCUT2D eigenvalue weighted by atomic mass is 10.1. The third-order valence-electron chi connectivity index (χ3n) is 2.36. The SMILES string of the molecule is C#CC(=O)Oc1ccc(-c2ccccc2)cc1Br. The number of esters is 1. The standard InChI is InChI=1S/C15H9BrO2/c1-2-15(17)18-14-9-8-12(10-13(14)16)11-6-4-3-5-7-11/h1,3-10H. The average Bonchev–Trinajstić information content (AvgIpc) is 2.42. The van der Waals surface area contributed by atoms with Gasteiger partial charge in [-0.15, -0.1) is 6.42 Å². The lowest BCUT2D eigenvalue weighted by Crippen LogP contribution is -2.04. The van der Waals surface area contributed by atoms with Gasteiger partial charge < -0.3 is 4.74 Å². The lowest BCUT2D eigenvalue weighted by molar-refractivity contribution is -0.128. The highest BCUT2D eigenvalue weighted by Crippen LogP contribution is 2.30. The number of benzene rings is 2. The van der Waals surface area contributed by atoms with Gasteiger partial charge in [0.05, 0.1) is 4.47 Å². The summed E-state index contributed by atoms with van der Waals surface area (Å²) in [6.07, 6.45) is 4.95. The van der Waals surface area contributed by atoms with E-state index >= 15 is 0 Å². The summed E-state index contributed by atoms with van der Waals surface area (Å²) in [5.74, 6) is 1.61. The summed E-state index contributed by atoms with van der Waals surface area (Å²) < 4.78 is 5.65. The van der Waals surface area contributed by atoms with Crippen LogP contribution < -0.4 is 4.74 Å². The van der Waals surface area contributed by atoms with Gasteiger partial charge in [-0.05, 0) is 39.2 Å². The van der Waals surface area contributed by atoms with Crippen molar-refractivity contribution in [3.8, 4) is 29.2 Å². The minimum atomic E-state index is -0.705. The highest BCUT2D eigenvalue weighted by Gasteiger charge is 2.07. The van der Waals surface area contributed by atoms with E-state index in [0.717, 1.165) is 11.1 Å². The number of terminal acetylenes is 1. The molecule has 0 aliphatic heterocycles. The number of ether oxygens (including phenoxy) is 1. The van der Waals surface area contributed by atoms with Gasteiger partial charge in [0.1, 0.15) is 5.75 Å². The summed E-state index contributed by atoms with van der Waals surface area (Å²) in [6, 6.07) is 15.4. The molecule has 0 spiro atoms. The average molecular weight is 301 g/mol. The Morgan fingerprint density at radius 3 is 2.44 bits per heavy atom. The van der Waals surface area contributed by atoms with Gasteiger partial charge >= 0.3 is 5.97 Å². The third kappa shape index (κ3) is 2.79. The molecule has 0 atom stereocenters. The molecular weight excluding hydrogens is 292 g/mol. The van der Waals surface area contributed by atoms with Crippen LogP contribution in [-0.4, -0.2) is 5.97 Å². The fraction of sp³-hybridized carbons (Fsp3) is 0. The monoisotopic (exact) mass is 300 g/mol. The number of carbonyl (C=O) groups excluding carboxylic acids is 1. The second-order valence-electron chi connectivity index (χ2n) is 3.55. The van der Waals surface area contributed by atoms with Crippen molar-refractivity contribution in [2.75, 3.05) is 0 Å². The first-order valence-corrected chi connectivity index (χ1v) is 6.03. The fourth-order valence-corrected chi connectivity index (χ4v) is 1.98. The Labute approximate surface area is 114 Å². The first kappa shape index (κ1) is 12.4. The smallest absolute Gasteiger partial charge is 0.389 e. The Morgan fingerprint density at radius 2 is 1.83 bits per heavy atom. The molecule has 3 heteroatoms. The fourth-order valence-electron chi connectivity index (χ4n) is 1.52. The summed E-state index contributed by atoms with van der Waals surface area (Å²) in [7, 11) is 0. The van der Waals surface area contributed by atoms with Crippen molar-refractivity contribution in [1.29, 1.82) is 0 Å². The van der Waals surface area contributed by atoms with Gasteiger partial charge in [0.25, 0.3) is 0 Å². The Morgan fingerprint density at radius 1 is 1.11 bits per heavy atom. The summed E-state index contributed by atoms with van der Waals surface area (Å²) >= 11 is 3.36. The van der Waals surface area contributed by atoms with Crippen molar-refractivity contribution in [2.45, 2.75) is 0 Å². The molecule has 88 valence electrons. The molecule has 2 aromatic carbocycles. The quantitative estimate of drug-likeness (QED) is 0.366. The Kier molecular flexibility index (Phi) is 3.81. The summed E-state index contributed by atoms with van der Waals surface area (Å²) in [6.45, 7) is 0. The number of hydrogen-bond acceptors (Lipinski definition) is 2. The molecule has 2 nitrogen and oxygen atoms in total. The van der Waals surface area contributed by atoms with Crippen LogP contribution >= 0.6 is 15.9 Å². The van der Waals surface area contributed by atoms with E-state index in [1.165, 1.54) is 0 Å². The minimum Gasteiger partial charge on any atom is -0.416 e. The van der Waals surface area contributed by atoms with E-state index in [-0.39, 0.29) is 0 Å². The molecule has 0 fully saturated rings. The zero-order valence-corrected chi connectivity index (χ0v) is 11.0. The van der Waals surface area contributed by atoms with Crippen molar-refractivity contribution in [3.05, 3.63) is 53.0 Å². The highest BCUT2D eigenvalue weighted by molar-refractivity contribution is 9.10. The van der Waals surface area contributed by atoms with E-state index in [1.807, 2.05) is 48.4 Å². The lowest BCUT2D eigenvalue weighted by Gasteiger charge is -2.06. The second-order valence-corrected chi connectivity index (χ2v) is 4.40. The molecule has 0 radical (unpaired) electrons. The van der Waals surface area contributed by atoms with Crippen molar-refractivity contribution in [1.82, 2.24) is 0 Å². The predicted molar refractivity (Wildman–Crippen MR) is 74.0 cm³/mol. The zero-order valence-electron chi connectivity index (χ0n) is 9.39. The molecule has 0 bridgehead atoms. The van der Waals surface area contributed by atoms with Gasteiger partial charge in [-0.1, -0.05) is 36.4 Å². The molecule has 2 aromatic rings. The molecule has 0 N–H and O–H groups in total. The van der Waals surface area contributed by atoms with Crippen molar-refractivity contribution >= 4 is 21.9 Å². The van der Waals surface area contributed by atoms with Gasteiger partial charge in [-0.3, -0.25) is 0 Å². The first-order chi connectivity index (χ1) is 8.70. The Balaban J connectivity index is 2.31. The van der Waals surface area contributed by atoms with E-state index in [1.54, 1.807) is 6.07 Å². The van der Waals surface area contributed by atoms with Gasteiger partial charge in [0, 0.05) is 5.92 Å². The van der Waals surface area contributed by atoms with Gasteiger partial charge in [0.15, 0.2) is 0 Å². The number of halogens is 1. The van der Waals surface area contributed by atoms with Gasteiger partial charge in [-0.25, -0.2) is 4.79 Å². The minimum absolute atomic E-state index is 0.414. The number of hydrogen-bond donors (Lipinski definition) is 0. The van der Waals surface area contributed by atoms with Crippen LogP contribution in [-0.2, 0) is 4.79 Å². The van der Waals surface area contributed by atoms with Crippen LogP contribution in [0.15, 0.2) is 53.0 Å². The van der Waals surface area contributed by atoms with Crippen LogP contribution in [0.5, 0.6) is 5.75 Å². The molecule has 2 rings (SSSR count). The van der Waals surface area contributed by atoms with Crippen molar-refractivity contribution < 1.29 is 9.53 Å². The predicted octanol–water partition coefficient (Wildman–Crippen LogP) is 3.65. The molecule has 0 aliphatic rings. The van der Waals surface area contributed by atoms with Crippen LogP contribution in [0.2, 0.25) is 0 Å². The summed E-state index contributed by atoms with van der Waals surface area (Å²) in [5, 5.41) is 0. The van der Waals surface area contributed by atoms with Crippen LogP contribution in [0.1, 0.15) is 0 Å². The zero-order chi connectivity index (χ0) is 13.0. The maximum absolute atomic E-state index is 11.0. The van der Waals surface area contributed by atoms with Gasteiger partial charge in [0.2, 0.25) is 0 Å². The van der Waals surface area contributed by atoms with Crippen LogP contribution in [0, 0.1) is 12.3 Å². The van der Waals surface area contributed by atoms with E-state index in [9.17, 15) is 4.79 Å². The summed E-state index contributed by atoms with van der Waals surface area (Å²) in [5.41, 5.74) is 2.12. The second kappa shape index (κ2) is 5.52. The van der Waals surface area contributed by atoms with E-state index < -0.39 is 5.97 Å². The molecule has 0 aromatic heterocycles. The Hall–Kier alpha value is -2.05. The molecule has 0 unspecified atom stereocenters. The van der Waals surface area contributed by atoms with E-state index in [0.29, 0.717) is 10.2 Å². The van der Waals surface area contributed by atoms with Crippen LogP contribution in [0.4, 0.5) is 0 Å². The molecule has 0 amide bonds. The molecule has 0 saturated heterocycles. The maximum atomic E-state index is 11.0. The number of carbonyl (C=O) groups is 1. The first-order valence-electron chi connectivity index (χ1n) is 5.24. The largest absolute Gasteiger partial charge is 0.416 e.